The SMILES string of the molecule is CC1N=C[N+](C)([S-])N1C. The number of hydrogen-bond donors (Lipinski definition) is 0. The molecule has 0 N–H and O–H groups in total. The lowest BCUT2D eigenvalue weighted by Gasteiger charge is -2.38. The third kappa shape index (κ3) is 1.10. The lowest BCUT2D eigenvalue weighted by molar-refractivity contribution is -0.802. The maximum Gasteiger partial charge on any atom is 0.188 e. The highest BCUT2D eigenvalue weighted by atomic mass is 32.1. The zero-order chi connectivity index (χ0) is 7.07. The fourth-order valence-corrected chi connectivity index (χ4v) is 0.921. The second-order valence-electron chi connectivity index (χ2n) is 2.41. The summed E-state index contributed by atoms with van der Waals surface area (Å²) >= 11 is 5.12. The Hall–Kier alpha value is -0.0600. The van der Waals surface area contributed by atoms with Crippen LogP contribution in [0.2, 0.25) is 0 Å². The van der Waals surface area contributed by atoms with Gasteiger partial charge in [0.25, 0.3) is 0 Å². The van der Waals surface area contributed by atoms with Crippen LogP contribution in [0.1, 0.15) is 6.92 Å². The summed E-state index contributed by atoms with van der Waals surface area (Å²) in [6, 6.07) is 0. The van der Waals surface area contributed by atoms with Gasteiger partial charge in [0, 0.05) is 7.05 Å². The molecule has 2 atom stereocenters. The van der Waals surface area contributed by atoms with Crippen LogP contribution in [0.3, 0.4) is 0 Å². The first-order valence-corrected chi connectivity index (χ1v) is 3.25. The van der Waals surface area contributed by atoms with Gasteiger partial charge in [0.05, 0.1) is 7.05 Å². The van der Waals surface area contributed by atoms with E-state index in [4.69, 9.17) is 12.8 Å². The Balaban J connectivity index is 2.74. The molecular formula is C5H11N3S. The fourth-order valence-electron chi connectivity index (χ4n) is 0.730. The number of hydrogen-bond acceptors (Lipinski definition) is 3. The van der Waals surface area contributed by atoms with E-state index in [0.717, 1.165) is 0 Å². The standard InChI is InChI=1S/C5H11N3S/c1-5-6-4-8(3,9)7(5)2/h4-5H,1-3H3. The highest BCUT2D eigenvalue weighted by Crippen LogP contribution is 2.13. The lowest BCUT2D eigenvalue weighted by atomic mass is 10.6. The van der Waals surface area contributed by atoms with Crippen LogP contribution >= 0.6 is 0 Å². The zero-order valence-electron chi connectivity index (χ0n) is 5.90. The smallest absolute Gasteiger partial charge is 0.188 e. The number of aliphatic imine (C=N–C) groups is 1. The van der Waals surface area contributed by atoms with E-state index < -0.39 is 0 Å². The summed E-state index contributed by atoms with van der Waals surface area (Å²) < 4.78 is 0.348. The molecule has 1 rings (SSSR count). The van der Waals surface area contributed by atoms with Gasteiger partial charge >= 0.3 is 0 Å². The van der Waals surface area contributed by atoms with Gasteiger partial charge in [-0.2, -0.15) is 0 Å². The third-order valence-electron chi connectivity index (χ3n) is 1.66. The normalized spacial score (nSPS) is 44.2. The van der Waals surface area contributed by atoms with Crippen LogP contribution in [0.4, 0.5) is 0 Å². The monoisotopic (exact) mass is 145 g/mol. The maximum absolute atomic E-state index is 5.12. The highest BCUT2D eigenvalue weighted by Gasteiger charge is 2.25. The Morgan fingerprint density at radius 3 is 2.44 bits per heavy atom. The molecule has 1 heterocycles. The van der Waals surface area contributed by atoms with Gasteiger partial charge in [-0.3, -0.25) is 0 Å². The summed E-state index contributed by atoms with van der Waals surface area (Å²) in [4.78, 5) is 4.14. The molecule has 0 spiro atoms. The molecule has 0 amide bonds. The highest BCUT2D eigenvalue weighted by molar-refractivity contribution is 7.52. The molecule has 1 aliphatic heterocycles. The van der Waals surface area contributed by atoms with Crippen molar-refractivity contribution < 1.29 is 4.00 Å². The van der Waals surface area contributed by atoms with Crippen molar-refractivity contribution in [1.82, 2.24) is 5.01 Å². The van der Waals surface area contributed by atoms with Gasteiger partial charge in [0.2, 0.25) is 0 Å². The second-order valence-corrected chi connectivity index (χ2v) is 3.15. The summed E-state index contributed by atoms with van der Waals surface area (Å²) in [6.07, 6.45) is 1.99. The molecule has 0 saturated carbocycles. The van der Waals surface area contributed by atoms with Crippen molar-refractivity contribution in [2.45, 2.75) is 13.1 Å². The minimum absolute atomic E-state index is 0.229. The first kappa shape index (κ1) is 7.05. The van der Waals surface area contributed by atoms with E-state index in [-0.39, 0.29) is 6.17 Å². The molecule has 0 bridgehead atoms. The molecule has 1 aliphatic rings. The fraction of sp³-hybridized carbons (Fsp3) is 0.800. The van der Waals surface area contributed by atoms with E-state index in [0.29, 0.717) is 4.00 Å². The molecule has 3 nitrogen and oxygen atoms in total. The first-order chi connectivity index (χ1) is 4.04. The van der Waals surface area contributed by atoms with Crippen LogP contribution in [-0.4, -0.2) is 35.6 Å². The number of quaternary nitrogens is 1. The van der Waals surface area contributed by atoms with Gasteiger partial charge in [0.1, 0.15) is 6.17 Å². The van der Waals surface area contributed by atoms with Crippen molar-refractivity contribution >= 4 is 19.2 Å². The van der Waals surface area contributed by atoms with Crippen LogP contribution in [0.5, 0.6) is 0 Å². The Bertz CT molecular complexity index is 143. The Kier molecular flexibility index (Phi) is 1.54. The van der Waals surface area contributed by atoms with Crippen LogP contribution in [0.25, 0.3) is 0 Å². The van der Waals surface area contributed by atoms with E-state index in [1.165, 1.54) is 0 Å². The average Bonchev–Trinajstić information content (AvgIpc) is 1.97. The molecule has 52 valence electrons. The summed E-state index contributed by atoms with van der Waals surface area (Å²) in [6.45, 7) is 2.02. The molecule has 0 saturated heterocycles. The van der Waals surface area contributed by atoms with Crippen molar-refractivity contribution in [3.8, 4) is 0 Å². The van der Waals surface area contributed by atoms with Crippen molar-refractivity contribution in [3.05, 3.63) is 0 Å². The maximum atomic E-state index is 5.12. The second kappa shape index (κ2) is 1.97. The third-order valence-corrected chi connectivity index (χ3v) is 2.02. The van der Waals surface area contributed by atoms with Crippen molar-refractivity contribution in [2.75, 3.05) is 14.1 Å². The predicted octanol–water partition coefficient (Wildman–Crippen LogP) is 0.130. The van der Waals surface area contributed by atoms with Crippen molar-refractivity contribution in [3.63, 3.8) is 0 Å². The summed E-state index contributed by atoms with van der Waals surface area (Å²) in [5.74, 6) is 0. The largest absolute Gasteiger partial charge is 0.463 e. The van der Waals surface area contributed by atoms with Crippen LogP contribution in [0.15, 0.2) is 4.99 Å². The summed E-state index contributed by atoms with van der Waals surface area (Å²) in [7, 11) is 3.88. The number of nitrogens with zero attached hydrogens (tertiary/aromatic N) is 3. The van der Waals surface area contributed by atoms with Crippen LogP contribution in [-0.2, 0) is 12.8 Å². The average molecular weight is 145 g/mol. The summed E-state index contributed by atoms with van der Waals surface area (Å²) in [5.41, 5.74) is 0. The molecule has 0 aromatic heterocycles. The lowest BCUT2D eigenvalue weighted by Crippen LogP contribution is -2.48. The molecule has 4 heteroatoms. The van der Waals surface area contributed by atoms with E-state index in [1.807, 2.05) is 26.0 Å². The Labute approximate surface area is 61.1 Å². The number of rotatable bonds is 0. The minimum Gasteiger partial charge on any atom is -0.463 e. The van der Waals surface area contributed by atoms with E-state index in [2.05, 4.69) is 4.99 Å². The molecule has 0 aromatic carbocycles. The Morgan fingerprint density at radius 1 is 1.78 bits per heavy atom. The van der Waals surface area contributed by atoms with E-state index in [1.54, 1.807) is 6.34 Å². The molecule has 9 heavy (non-hydrogen) atoms. The first-order valence-electron chi connectivity index (χ1n) is 2.89. The minimum atomic E-state index is 0.229. The van der Waals surface area contributed by atoms with Crippen LogP contribution < -0.4 is 0 Å². The Morgan fingerprint density at radius 2 is 2.33 bits per heavy atom. The van der Waals surface area contributed by atoms with Gasteiger partial charge in [-0.1, -0.05) is 0 Å². The van der Waals surface area contributed by atoms with Gasteiger partial charge in [-0.15, -0.1) is 5.01 Å². The van der Waals surface area contributed by atoms with Gasteiger partial charge in [-0.05, 0) is 6.92 Å². The molecular weight excluding hydrogens is 134 g/mol. The molecule has 0 aromatic rings. The summed E-state index contributed by atoms with van der Waals surface area (Å²) in [5, 5.41) is 2.00. The topological polar surface area (TPSA) is 15.6 Å². The van der Waals surface area contributed by atoms with Crippen molar-refractivity contribution in [2.24, 2.45) is 4.99 Å². The molecule has 2 unspecified atom stereocenters. The zero-order valence-corrected chi connectivity index (χ0v) is 6.72. The quantitative estimate of drug-likeness (QED) is 0.356. The van der Waals surface area contributed by atoms with Crippen molar-refractivity contribution in [1.29, 1.82) is 0 Å². The predicted molar refractivity (Wildman–Crippen MR) is 39.3 cm³/mol. The van der Waals surface area contributed by atoms with Crippen LogP contribution in [0, 0.1) is 0 Å². The van der Waals surface area contributed by atoms with Gasteiger partial charge < -0.3 is 16.8 Å². The van der Waals surface area contributed by atoms with E-state index in [9.17, 15) is 0 Å². The van der Waals surface area contributed by atoms with Gasteiger partial charge in [-0.25, -0.2) is 4.99 Å². The molecule has 0 fully saturated rings. The molecule has 0 radical (unpaired) electrons. The molecule has 0 aliphatic carbocycles. The van der Waals surface area contributed by atoms with Gasteiger partial charge in [0.15, 0.2) is 6.34 Å². The van der Waals surface area contributed by atoms with E-state index >= 15 is 0 Å².